The molecule has 12 aromatic rings. The van der Waals surface area contributed by atoms with E-state index in [-0.39, 0.29) is 0 Å². The Balaban J connectivity index is 1.05. The zero-order valence-corrected chi connectivity index (χ0v) is 32.3. The molecule has 5 heteroatoms. The highest BCUT2D eigenvalue weighted by molar-refractivity contribution is 6.20. The Hall–Kier alpha value is -8.02. The number of rotatable bonds is 4. The smallest absolute Gasteiger partial charge is 0.159 e. The van der Waals surface area contributed by atoms with Crippen molar-refractivity contribution in [1.82, 2.24) is 9.88 Å². The van der Waals surface area contributed by atoms with Gasteiger partial charge in [-0.2, -0.15) is 0 Å². The van der Waals surface area contributed by atoms with E-state index in [1.165, 1.54) is 48.5 Å². The van der Waals surface area contributed by atoms with E-state index in [9.17, 15) is 0 Å². The molecule has 0 aliphatic carbocycles. The van der Waals surface area contributed by atoms with Gasteiger partial charge in [-0.3, -0.25) is 0 Å². The highest BCUT2D eigenvalue weighted by Gasteiger charge is 2.25. The van der Waals surface area contributed by atoms with Gasteiger partial charge < -0.3 is 14.3 Å². The van der Waals surface area contributed by atoms with Crippen LogP contribution in [0.4, 0.5) is 0 Å². The summed E-state index contributed by atoms with van der Waals surface area (Å²) in [6.07, 6.45) is -0.399. The van der Waals surface area contributed by atoms with Gasteiger partial charge >= 0.3 is 0 Å². The van der Waals surface area contributed by atoms with Gasteiger partial charge in [-0.1, -0.05) is 146 Å². The summed E-state index contributed by atoms with van der Waals surface area (Å²) in [5.41, 5.74) is 7.86. The molecule has 0 spiro atoms. The van der Waals surface area contributed by atoms with Crippen molar-refractivity contribution in [3.05, 3.63) is 211 Å². The number of fused-ring (bicyclic) bond motifs is 11. The average Bonchev–Trinajstić information content (AvgIpc) is 3.85. The van der Waals surface area contributed by atoms with Crippen LogP contribution in [-0.4, -0.2) is 16.2 Å². The summed E-state index contributed by atoms with van der Waals surface area (Å²) < 4.78 is 9.16. The number of furan rings is 1. The first-order chi connectivity index (χ1) is 29.7. The van der Waals surface area contributed by atoms with Gasteiger partial charge in [-0.15, -0.1) is 0 Å². The second-order valence-corrected chi connectivity index (χ2v) is 15.8. The lowest BCUT2D eigenvalue weighted by Crippen LogP contribution is -2.33. The van der Waals surface area contributed by atoms with Gasteiger partial charge in [0.1, 0.15) is 23.2 Å². The zero-order valence-electron chi connectivity index (χ0n) is 32.3. The number of benzene rings is 10. The maximum absolute atomic E-state index is 6.75. The number of hydrogen-bond donors (Lipinski definition) is 1. The highest BCUT2D eigenvalue weighted by Crippen LogP contribution is 2.41. The van der Waals surface area contributed by atoms with Crippen LogP contribution in [0.5, 0.6) is 0 Å². The molecule has 13 rings (SSSR count). The molecule has 0 saturated carbocycles. The number of nitrogens with zero attached hydrogens (tertiary/aromatic N) is 3. The molecule has 1 atom stereocenters. The van der Waals surface area contributed by atoms with E-state index >= 15 is 0 Å². The van der Waals surface area contributed by atoms with Crippen LogP contribution < -0.4 is 5.32 Å². The van der Waals surface area contributed by atoms with Crippen LogP contribution in [0.1, 0.15) is 22.9 Å². The van der Waals surface area contributed by atoms with E-state index in [1.807, 2.05) is 6.07 Å². The SMILES string of the molecule is c1ccc2cc(C3=NC(c4ccc5c(ccc6ccccc65)c4)NC(c4cc(-n5c6ccccc6c6cc7ccccc7cc65)c5c(c4)oc4ccccc45)=N3)ccc2c1. The Morgan fingerprint density at radius 3 is 1.97 bits per heavy atom. The first-order valence-corrected chi connectivity index (χ1v) is 20.4. The van der Waals surface area contributed by atoms with Crippen molar-refractivity contribution in [2.24, 2.45) is 9.98 Å². The fourth-order valence-corrected chi connectivity index (χ4v) is 9.49. The van der Waals surface area contributed by atoms with Crippen molar-refractivity contribution in [3.8, 4) is 5.69 Å². The summed E-state index contributed by atoms with van der Waals surface area (Å²) in [6, 6.07) is 69.3. The number of amidine groups is 2. The molecule has 1 aliphatic rings. The summed E-state index contributed by atoms with van der Waals surface area (Å²) in [4.78, 5) is 10.7. The van der Waals surface area contributed by atoms with Gasteiger partial charge in [0.15, 0.2) is 5.84 Å². The maximum Gasteiger partial charge on any atom is 0.159 e. The topological polar surface area (TPSA) is 54.8 Å². The fourth-order valence-electron chi connectivity index (χ4n) is 9.49. The van der Waals surface area contributed by atoms with Gasteiger partial charge in [0.2, 0.25) is 0 Å². The molecule has 0 bridgehead atoms. The lowest BCUT2D eigenvalue weighted by Gasteiger charge is -2.24. The van der Waals surface area contributed by atoms with E-state index < -0.39 is 6.17 Å². The van der Waals surface area contributed by atoms with Gasteiger partial charge in [0, 0.05) is 27.3 Å². The van der Waals surface area contributed by atoms with Gasteiger partial charge in [0.05, 0.1) is 22.1 Å². The summed E-state index contributed by atoms with van der Waals surface area (Å²) in [6.45, 7) is 0. The second-order valence-electron chi connectivity index (χ2n) is 15.8. The van der Waals surface area contributed by atoms with E-state index in [1.54, 1.807) is 0 Å². The molecule has 10 aromatic carbocycles. The van der Waals surface area contributed by atoms with Gasteiger partial charge in [-0.05, 0) is 97.2 Å². The second kappa shape index (κ2) is 12.7. The molecule has 5 nitrogen and oxygen atoms in total. The number of aromatic nitrogens is 1. The monoisotopic (exact) mass is 766 g/mol. The van der Waals surface area contributed by atoms with Crippen molar-refractivity contribution < 1.29 is 4.42 Å². The quantitative estimate of drug-likeness (QED) is 0.181. The minimum atomic E-state index is -0.399. The Morgan fingerprint density at radius 1 is 0.433 bits per heavy atom. The van der Waals surface area contributed by atoms with Crippen LogP contribution >= 0.6 is 0 Å². The molecule has 0 fully saturated rings. The third-order valence-electron chi connectivity index (χ3n) is 12.3. The van der Waals surface area contributed by atoms with E-state index in [0.717, 1.165) is 66.6 Å². The number of para-hydroxylation sites is 2. The van der Waals surface area contributed by atoms with Crippen molar-refractivity contribution in [3.63, 3.8) is 0 Å². The lowest BCUT2D eigenvalue weighted by molar-refractivity contribution is 0.666. The minimum absolute atomic E-state index is 0.399. The Labute approximate surface area is 344 Å². The zero-order chi connectivity index (χ0) is 39.3. The Kier molecular flexibility index (Phi) is 7.01. The van der Waals surface area contributed by atoms with Gasteiger partial charge in [0.25, 0.3) is 0 Å². The molecule has 1 N–H and O–H groups in total. The molecule has 1 unspecified atom stereocenters. The molecule has 60 heavy (non-hydrogen) atoms. The molecular formula is C55H34N4O. The summed E-state index contributed by atoms with van der Waals surface area (Å²) in [7, 11) is 0. The lowest BCUT2D eigenvalue weighted by atomic mass is 9.99. The fraction of sp³-hybridized carbons (Fsp3) is 0.0182. The summed E-state index contributed by atoms with van der Waals surface area (Å²) >= 11 is 0. The molecule has 0 radical (unpaired) electrons. The van der Waals surface area contributed by atoms with Crippen LogP contribution in [0.25, 0.3) is 92.5 Å². The first-order valence-electron chi connectivity index (χ1n) is 20.4. The summed E-state index contributed by atoms with van der Waals surface area (Å²) in [5.74, 6) is 1.40. The molecule has 3 heterocycles. The average molecular weight is 767 g/mol. The first kappa shape index (κ1) is 33.0. The number of aliphatic imine (C=N–C) groups is 2. The van der Waals surface area contributed by atoms with Crippen LogP contribution in [0.2, 0.25) is 0 Å². The van der Waals surface area contributed by atoms with E-state index in [2.05, 4.69) is 198 Å². The van der Waals surface area contributed by atoms with Crippen molar-refractivity contribution in [2.75, 3.05) is 0 Å². The molecule has 0 amide bonds. The third-order valence-corrected chi connectivity index (χ3v) is 12.3. The normalized spacial score (nSPS) is 14.5. The van der Waals surface area contributed by atoms with E-state index in [4.69, 9.17) is 14.4 Å². The van der Waals surface area contributed by atoms with Crippen LogP contribution in [0.15, 0.2) is 209 Å². The molecule has 0 saturated heterocycles. The van der Waals surface area contributed by atoms with Gasteiger partial charge in [-0.25, -0.2) is 9.98 Å². The third kappa shape index (κ3) is 5.06. The predicted molar refractivity (Wildman–Crippen MR) is 250 cm³/mol. The predicted octanol–water partition coefficient (Wildman–Crippen LogP) is 13.8. The molecule has 1 aliphatic heterocycles. The molecule has 2 aromatic heterocycles. The van der Waals surface area contributed by atoms with Crippen molar-refractivity contribution in [1.29, 1.82) is 0 Å². The Bertz CT molecular complexity index is 3830. The van der Waals surface area contributed by atoms with Crippen molar-refractivity contribution >= 4 is 98.5 Å². The van der Waals surface area contributed by atoms with Crippen molar-refractivity contribution in [2.45, 2.75) is 6.17 Å². The number of hydrogen-bond acceptors (Lipinski definition) is 4. The van der Waals surface area contributed by atoms with Crippen LogP contribution in [0, 0.1) is 0 Å². The number of nitrogens with one attached hydrogen (secondary N) is 1. The maximum atomic E-state index is 6.75. The van der Waals surface area contributed by atoms with Crippen LogP contribution in [0.3, 0.4) is 0 Å². The standard InChI is InChI=1S/C55H34N4O/c1-2-13-35-27-39(24-21-33(35)11-1)53-56-54(40-25-26-43-38(28-40)23-22-34-12-5-6-16-42(34)43)58-55(57-53)41-31-49(52-45-18-8-10-20-50(45)60-51(52)32-41)59-47-19-9-7-17-44(47)46-29-36-14-3-4-15-37(36)30-48(46)59/h1-32,54H,(H,56,57,58). The summed E-state index contributed by atoms with van der Waals surface area (Å²) in [5, 5.41) is 17.9. The molecule has 280 valence electrons. The largest absolute Gasteiger partial charge is 0.456 e. The Morgan fingerprint density at radius 2 is 1.10 bits per heavy atom. The molecular weight excluding hydrogens is 733 g/mol. The van der Waals surface area contributed by atoms with E-state index in [0.29, 0.717) is 5.84 Å². The highest BCUT2D eigenvalue weighted by atomic mass is 16.3. The minimum Gasteiger partial charge on any atom is -0.456 e. The van der Waals surface area contributed by atoms with Crippen LogP contribution in [-0.2, 0) is 0 Å².